The third-order valence-electron chi connectivity index (χ3n) is 5.26. The monoisotopic (exact) mass is 359 g/mol. The molecule has 4 rings (SSSR count). The molecule has 0 aromatic carbocycles. The van der Waals surface area contributed by atoms with Crippen molar-refractivity contribution >= 4 is 23.2 Å². The van der Waals surface area contributed by atoms with Crippen LogP contribution < -0.4 is 0 Å². The van der Waals surface area contributed by atoms with Crippen molar-refractivity contribution in [3.05, 3.63) is 40.6 Å². The number of ether oxygens (including phenoxy) is 1. The van der Waals surface area contributed by atoms with Gasteiger partial charge in [-0.15, -0.1) is 11.3 Å². The molecule has 2 fully saturated rings. The fraction of sp³-hybridized carbons (Fsp3) is 0.500. The number of carbonyl (C=O) groups is 2. The quantitative estimate of drug-likeness (QED) is 0.790. The largest absolute Gasteiger partial charge is 0.460 e. The molecule has 0 aliphatic carbocycles. The van der Waals surface area contributed by atoms with Crippen LogP contribution in [-0.2, 0) is 16.1 Å². The Morgan fingerprint density at radius 3 is 2.84 bits per heavy atom. The van der Waals surface area contributed by atoms with Crippen LogP contribution in [0.2, 0.25) is 0 Å². The van der Waals surface area contributed by atoms with E-state index in [1.165, 1.54) is 11.3 Å². The van der Waals surface area contributed by atoms with E-state index in [9.17, 15) is 9.59 Å². The summed E-state index contributed by atoms with van der Waals surface area (Å²) in [5.41, 5.74) is -0.423. The highest BCUT2D eigenvalue weighted by molar-refractivity contribution is 7.13. The first-order chi connectivity index (χ1) is 12.1. The highest BCUT2D eigenvalue weighted by Gasteiger charge is 2.50. The van der Waals surface area contributed by atoms with Gasteiger partial charge >= 0.3 is 5.97 Å². The Balaban J connectivity index is 1.39. The van der Waals surface area contributed by atoms with E-state index in [2.05, 4.69) is 4.98 Å². The zero-order valence-corrected chi connectivity index (χ0v) is 15.0. The summed E-state index contributed by atoms with van der Waals surface area (Å²) in [5, 5.41) is 0. The molecule has 0 radical (unpaired) electrons. The molecule has 1 spiro atoms. The van der Waals surface area contributed by atoms with E-state index >= 15 is 0 Å². The van der Waals surface area contributed by atoms with Crippen molar-refractivity contribution in [1.82, 2.24) is 14.5 Å². The maximum absolute atomic E-state index is 12.6. The fourth-order valence-electron chi connectivity index (χ4n) is 3.82. The number of esters is 1. The van der Waals surface area contributed by atoms with Gasteiger partial charge in [0.05, 0.1) is 23.2 Å². The van der Waals surface area contributed by atoms with Gasteiger partial charge in [0.2, 0.25) is 0 Å². The zero-order chi connectivity index (χ0) is 17.4. The Morgan fingerprint density at radius 2 is 2.20 bits per heavy atom. The summed E-state index contributed by atoms with van der Waals surface area (Å²) in [4.78, 5) is 32.9. The molecule has 0 bridgehead atoms. The van der Waals surface area contributed by atoms with Crippen molar-refractivity contribution in [3.8, 4) is 0 Å². The molecule has 2 aromatic heterocycles. The van der Waals surface area contributed by atoms with Crippen LogP contribution in [-0.4, -0.2) is 45.5 Å². The van der Waals surface area contributed by atoms with Gasteiger partial charge in [-0.25, -0.2) is 4.98 Å². The minimum atomic E-state index is -0.423. The lowest BCUT2D eigenvalue weighted by atomic mass is 9.76. The summed E-state index contributed by atoms with van der Waals surface area (Å²) in [6, 6.07) is 3.86. The average molecular weight is 359 g/mol. The molecule has 7 heteroatoms. The highest BCUT2D eigenvalue weighted by atomic mass is 32.1. The minimum absolute atomic E-state index is 0.0780. The first kappa shape index (κ1) is 16.3. The number of aryl methyl sites for hydroxylation is 1. The van der Waals surface area contributed by atoms with Gasteiger partial charge in [-0.1, -0.05) is 0 Å². The van der Waals surface area contributed by atoms with Crippen molar-refractivity contribution in [2.45, 2.75) is 38.8 Å². The topological polar surface area (TPSA) is 64.4 Å². The second-order valence-corrected chi connectivity index (χ2v) is 8.26. The zero-order valence-electron chi connectivity index (χ0n) is 14.2. The number of amides is 1. The summed E-state index contributed by atoms with van der Waals surface area (Å²) in [6.07, 6.45) is 7.33. The van der Waals surface area contributed by atoms with Gasteiger partial charge in [0.15, 0.2) is 0 Å². The number of aromatic nitrogens is 2. The molecule has 132 valence electrons. The number of rotatable bonds is 3. The molecule has 2 saturated heterocycles. The van der Waals surface area contributed by atoms with E-state index in [0.29, 0.717) is 32.5 Å². The standard InChI is InChI=1S/C18H21N3O3S/c1-13-2-3-15(25-13)16(22)21-7-4-18(5-8-21)10-14(24-17(18)23)11-20-9-6-19-12-20/h2-3,6,9,12,14H,4-5,7-8,10-11H2,1H3. The summed E-state index contributed by atoms with van der Waals surface area (Å²) < 4.78 is 7.56. The highest BCUT2D eigenvalue weighted by Crippen LogP contribution is 2.43. The van der Waals surface area contributed by atoms with Gasteiger partial charge in [0.25, 0.3) is 5.91 Å². The summed E-state index contributed by atoms with van der Waals surface area (Å²) in [7, 11) is 0. The number of hydrogen-bond acceptors (Lipinski definition) is 5. The summed E-state index contributed by atoms with van der Waals surface area (Å²) in [5.74, 6) is -0.0223. The minimum Gasteiger partial charge on any atom is -0.460 e. The van der Waals surface area contributed by atoms with Gasteiger partial charge in [-0.2, -0.15) is 0 Å². The number of thiophene rings is 1. The second-order valence-electron chi connectivity index (χ2n) is 6.97. The average Bonchev–Trinajstić information content (AvgIpc) is 3.31. The fourth-order valence-corrected chi connectivity index (χ4v) is 4.66. The Labute approximate surface area is 150 Å². The lowest BCUT2D eigenvalue weighted by Crippen LogP contribution is -2.44. The van der Waals surface area contributed by atoms with Crippen molar-refractivity contribution in [2.75, 3.05) is 13.1 Å². The normalized spacial score (nSPS) is 22.4. The predicted molar refractivity (Wildman–Crippen MR) is 93.4 cm³/mol. The molecule has 2 aliphatic rings. The molecule has 1 atom stereocenters. The maximum atomic E-state index is 12.6. The number of carbonyl (C=O) groups excluding carboxylic acids is 2. The van der Waals surface area contributed by atoms with Gasteiger partial charge in [-0.3, -0.25) is 9.59 Å². The third kappa shape index (κ3) is 3.08. The van der Waals surface area contributed by atoms with Gasteiger partial charge in [-0.05, 0) is 31.9 Å². The summed E-state index contributed by atoms with van der Waals surface area (Å²) >= 11 is 1.52. The molecule has 0 N–H and O–H groups in total. The number of cyclic esters (lactones) is 1. The number of imidazole rings is 1. The SMILES string of the molecule is Cc1ccc(C(=O)N2CCC3(CC2)CC(Cn2ccnc2)OC3=O)s1. The van der Waals surface area contributed by atoms with E-state index in [1.807, 2.05) is 34.7 Å². The first-order valence-corrected chi connectivity index (χ1v) is 9.40. The Kier molecular flexibility index (Phi) is 4.11. The Bertz CT molecular complexity index is 775. The number of hydrogen-bond donors (Lipinski definition) is 0. The summed E-state index contributed by atoms with van der Waals surface area (Å²) in [6.45, 7) is 3.87. The second kappa shape index (κ2) is 6.29. The predicted octanol–water partition coefficient (Wildman–Crippen LogP) is 2.49. The van der Waals surface area contributed by atoms with Crippen LogP contribution in [0.15, 0.2) is 30.9 Å². The molecule has 2 aliphatic heterocycles. The van der Waals surface area contributed by atoms with Crippen LogP contribution in [0.1, 0.15) is 33.8 Å². The number of likely N-dealkylation sites (tertiary alicyclic amines) is 1. The van der Waals surface area contributed by atoms with Crippen molar-refractivity contribution in [3.63, 3.8) is 0 Å². The van der Waals surface area contributed by atoms with Crippen LogP contribution in [0.4, 0.5) is 0 Å². The lowest BCUT2D eigenvalue weighted by molar-refractivity contribution is -0.150. The van der Waals surface area contributed by atoms with Crippen molar-refractivity contribution < 1.29 is 14.3 Å². The number of nitrogens with zero attached hydrogens (tertiary/aromatic N) is 3. The number of piperidine rings is 1. The molecule has 2 aromatic rings. The lowest BCUT2D eigenvalue weighted by Gasteiger charge is -2.36. The molecular formula is C18H21N3O3S. The molecule has 1 unspecified atom stereocenters. The van der Waals surface area contributed by atoms with E-state index in [-0.39, 0.29) is 18.0 Å². The van der Waals surface area contributed by atoms with Gasteiger partial charge < -0.3 is 14.2 Å². The van der Waals surface area contributed by atoms with Crippen LogP contribution in [0, 0.1) is 12.3 Å². The van der Waals surface area contributed by atoms with Gasteiger partial charge in [0, 0.05) is 36.8 Å². The molecular weight excluding hydrogens is 338 g/mol. The van der Waals surface area contributed by atoms with E-state index in [1.54, 1.807) is 12.5 Å². The maximum Gasteiger partial charge on any atom is 0.312 e. The molecule has 25 heavy (non-hydrogen) atoms. The van der Waals surface area contributed by atoms with Gasteiger partial charge in [0.1, 0.15) is 6.10 Å². The van der Waals surface area contributed by atoms with Crippen molar-refractivity contribution in [1.29, 1.82) is 0 Å². The van der Waals surface area contributed by atoms with Crippen LogP contribution >= 0.6 is 11.3 Å². The van der Waals surface area contributed by atoms with Crippen LogP contribution in [0.25, 0.3) is 0 Å². The Hall–Kier alpha value is -2.15. The smallest absolute Gasteiger partial charge is 0.312 e. The Morgan fingerprint density at radius 1 is 1.40 bits per heavy atom. The van der Waals surface area contributed by atoms with Crippen molar-refractivity contribution in [2.24, 2.45) is 5.41 Å². The molecule has 4 heterocycles. The molecule has 1 amide bonds. The first-order valence-electron chi connectivity index (χ1n) is 8.58. The van der Waals surface area contributed by atoms with Crippen LogP contribution in [0.5, 0.6) is 0 Å². The van der Waals surface area contributed by atoms with E-state index < -0.39 is 5.41 Å². The van der Waals surface area contributed by atoms with E-state index in [4.69, 9.17) is 4.74 Å². The third-order valence-corrected chi connectivity index (χ3v) is 6.25. The van der Waals surface area contributed by atoms with E-state index in [0.717, 1.165) is 16.2 Å². The molecule has 0 saturated carbocycles. The van der Waals surface area contributed by atoms with Crippen LogP contribution in [0.3, 0.4) is 0 Å². The molecule has 6 nitrogen and oxygen atoms in total.